The van der Waals surface area contributed by atoms with Crippen LogP contribution in [0.25, 0.3) is 0 Å². The van der Waals surface area contributed by atoms with Gasteiger partial charge in [0, 0.05) is 29.5 Å². The fourth-order valence-electron chi connectivity index (χ4n) is 5.13. The molecular formula is C25H46N2. The third-order valence-corrected chi connectivity index (χ3v) is 6.18. The molecule has 0 amide bonds. The standard InChI is InChI=1S/C25H46N2/c1-6-7-8-9-10-11-12-13-14-15-16-22-17-18-27(21-22)23-19-24(2,3)26-25(4,5)20-23/h17-18,21,23,26H,6-16,19-20H2,1-5H3. The average molecular weight is 375 g/mol. The number of nitrogens with one attached hydrogen (secondary N) is 1. The lowest BCUT2D eigenvalue weighted by atomic mass is 9.79. The van der Waals surface area contributed by atoms with Gasteiger partial charge in [-0.2, -0.15) is 0 Å². The Labute approximate surface area is 169 Å². The molecule has 0 unspecified atom stereocenters. The average Bonchev–Trinajstić information content (AvgIpc) is 3.03. The first-order valence-electron chi connectivity index (χ1n) is 11.8. The summed E-state index contributed by atoms with van der Waals surface area (Å²) in [5.74, 6) is 0. The minimum absolute atomic E-state index is 0.216. The number of piperidine rings is 1. The van der Waals surface area contributed by atoms with E-state index in [2.05, 4.69) is 63.0 Å². The summed E-state index contributed by atoms with van der Waals surface area (Å²) in [6.45, 7) is 11.7. The zero-order valence-electron chi connectivity index (χ0n) is 18.9. The summed E-state index contributed by atoms with van der Waals surface area (Å²) in [5, 5.41) is 3.80. The Balaban J connectivity index is 1.63. The molecule has 0 bridgehead atoms. The molecule has 1 saturated heterocycles. The highest BCUT2D eigenvalue weighted by atomic mass is 15.1. The molecule has 2 rings (SSSR count). The molecule has 0 aromatic carbocycles. The van der Waals surface area contributed by atoms with Crippen LogP contribution in [0.4, 0.5) is 0 Å². The molecule has 0 saturated carbocycles. The van der Waals surface area contributed by atoms with Crippen molar-refractivity contribution in [1.29, 1.82) is 0 Å². The van der Waals surface area contributed by atoms with Gasteiger partial charge in [-0.1, -0.05) is 64.7 Å². The predicted molar refractivity (Wildman–Crippen MR) is 120 cm³/mol. The number of aryl methyl sites for hydroxylation is 1. The first kappa shape index (κ1) is 22.5. The first-order valence-corrected chi connectivity index (χ1v) is 11.8. The van der Waals surface area contributed by atoms with E-state index < -0.39 is 0 Å². The van der Waals surface area contributed by atoms with Crippen LogP contribution in [-0.2, 0) is 6.42 Å². The van der Waals surface area contributed by atoms with Crippen LogP contribution in [0, 0.1) is 0 Å². The predicted octanol–water partition coefficient (Wildman–Crippen LogP) is 7.43. The molecule has 1 aromatic rings. The monoisotopic (exact) mass is 374 g/mol. The van der Waals surface area contributed by atoms with Crippen molar-refractivity contribution in [3.05, 3.63) is 24.0 Å². The van der Waals surface area contributed by atoms with E-state index >= 15 is 0 Å². The molecule has 0 spiro atoms. The molecule has 156 valence electrons. The van der Waals surface area contributed by atoms with Gasteiger partial charge in [-0.25, -0.2) is 0 Å². The number of nitrogens with zero attached hydrogens (tertiary/aromatic N) is 1. The first-order chi connectivity index (χ1) is 12.8. The Kier molecular flexibility index (Phi) is 8.92. The second kappa shape index (κ2) is 10.7. The highest BCUT2D eigenvalue weighted by Gasteiger charge is 2.38. The maximum atomic E-state index is 3.80. The van der Waals surface area contributed by atoms with E-state index in [4.69, 9.17) is 0 Å². The van der Waals surface area contributed by atoms with Gasteiger partial charge in [0.15, 0.2) is 0 Å². The molecule has 1 N–H and O–H groups in total. The van der Waals surface area contributed by atoms with Crippen LogP contribution in [0.3, 0.4) is 0 Å². The van der Waals surface area contributed by atoms with Crippen molar-refractivity contribution >= 4 is 0 Å². The number of hydrogen-bond donors (Lipinski definition) is 1. The largest absolute Gasteiger partial charge is 0.351 e. The summed E-state index contributed by atoms with van der Waals surface area (Å²) in [5.41, 5.74) is 1.96. The second-order valence-electron chi connectivity index (χ2n) is 10.4. The molecule has 2 heteroatoms. The van der Waals surface area contributed by atoms with E-state index in [9.17, 15) is 0 Å². The van der Waals surface area contributed by atoms with Crippen LogP contribution in [0.5, 0.6) is 0 Å². The van der Waals surface area contributed by atoms with Gasteiger partial charge in [-0.15, -0.1) is 0 Å². The normalized spacial score (nSPS) is 19.4. The van der Waals surface area contributed by atoms with E-state index in [1.165, 1.54) is 89.0 Å². The highest BCUT2D eigenvalue weighted by Crippen LogP contribution is 2.36. The highest BCUT2D eigenvalue weighted by molar-refractivity contribution is 5.13. The molecule has 0 radical (unpaired) electrons. The van der Waals surface area contributed by atoms with E-state index in [0.29, 0.717) is 6.04 Å². The van der Waals surface area contributed by atoms with Gasteiger partial charge in [0.2, 0.25) is 0 Å². The van der Waals surface area contributed by atoms with Crippen LogP contribution in [-0.4, -0.2) is 15.6 Å². The second-order valence-corrected chi connectivity index (χ2v) is 10.4. The van der Waals surface area contributed by atoms with Crippen molar-refractivity contribution in [1.82, 2.24) is 9.88 Å². The number of unbranched alkanes of at least 4 members (excludes halogenated alkanes) is 9. The van der Waals surface area contributed by atoms with E-state index in [1.54, 1.807) is 0 Å². The fraction of sp³-hybridized carbons (Fsp3) is 0.840. The number of hydrogen-bond acceptors (Lipinski definition) is 1. The lowest BCUT2D eigenvalue weighted by Gasteiger charge is -2.47. The van der Waals surface area contributed by atoms with Crippen LogP contribution >= 0.6 is 0 Å². The Bertz CT molecular complexity index is 510. The summed E-state index contributed by atoms with van der Waals surface area (Å²) in [4.78, 5) is 0. The molecule has 2 nitrogen and oxygen atoms in total. The molecule has 0 aliphatic carbocycles. The summed E-state index contributed by atoms with van der Waals surface area (Å²) in [6.07, 6.45) is 22.6. The Morgan fingerprint density at radius 2 is 1.37 bits per heavy atom. The molecule has 2 heterocycles. The Morgan fingerprint density at radius 1 is 0.852 bits per heavy atom. The quantitative estimate of drug-likeness (QED) is 0.376. The van der Waals surface area contributed by atoms with Crippen LogP contribution in [0.15, 0.2) is 18.5 Å². The van der Waals surface area contributed by atoms with Gasteiger partial charge >= 0.3 is 0 Å². The third kappa shape index (κ3) is 8.42. The van der Waals surface area contributed by atoms with Crippen LogP contribution in [0.1, 0.15) is 123 Å². The summed E-state index contributed by atoms with van der Waals surface area (Å²) >= 11 is 0. The zero-order valence-corrected chi connectivity index (χ0v) is 18.9. The molecular weight excluding hydrogens is 328 g/mol. The Morgan fingerprint density at radius 3 is 1.93 bits per heavy atom. The van der Waals surface area contributed by atoms with E-state index in [1.807, 2.05) is 0 Å². The SMILES string of the molecule is CCCCCCCCCCCCc1ccn(C2CC(C)(C)NC(C)(C)C2)c1. The van der Waals surface area contributed by atoms with Crippen LogP contribution in [0.2, 0.25) is 0 Å². The zero-order chi connectivity index (χ0) is 19.8. The minimum atomic E-state index is 0.216. The molecule has 1 aliphatic heterocycles. The van der Waals surface area contributed by atoms with Gasteiger partial charge in [0.1, 0.15) is 0 Å². The maximum Gasteiger partial charge on any atom is 0.0365 e. The van der Waals surface area contributed by atoms with Gasteiger partial charge in [-0.3, -0.25) is 0 Å². The van der Waals surface area contributed by atoms with Crippen LogP contribution < -0.4 is 5.32 Å². The van der Waals surface area contributed by atoms with Gasteiger partial charge in [-0.05, 0) is 65.0 Å². The Hall–Kier alpha value is -0.760. The molecule has 1 aromatic heterocycles. The summed E-state index contributed by atoms with van der Waals surface area (Å²) < 4.78 is 2.50. The van der Waals surface area contributed by atoms with Crippen molar-refractivity contribution in [2.24, 2.45) is 0 Å². The lowest BCUT2D eigenvalue weighted by molar-refractivity contribution is 0.132. The van der Waals surface area contributed by atoms with Gasteiger partial charge < -0.3 is 9.88 Å². The summed E-state index contributed by atoms with van der Waals surface area (Å²) in [7, 11) is 0. The third-order valence-electron chi connectivity index (χ3n) is 6.18. The summed E-state index contributed by atoms with van der Waals surface area (Å²) in [6, 6.07) is 2.98. The van der Waals surface area contributed by atoms with E-state index in [0.717, 1.165) is 0 Å². The smallest absolute Gasteiger partial charge is 0.0365 e. The van der Waals surface area contributed by atoms with Crippen molar-refractivity contribution < 1.29 is 0 Å². The minimum Gasteiger partial charge on any atom is -0.351 e. The number of rotatable bonds is 12. The molecule has 27 heavy (non-hydrogen) atoms. The van der Waals surface area contributed by atoms with Gasteiger partial charge in [0.05, 0.1) is 0 Å². The maximum absolute atomic E-state index is 3.80. The molecule has 0 atom stereocenters. The topological polar surface area (TPSA) is 17.0 Å². The fourth-order valence-corrected chi connectivity index (χ4v) is 5.13. The van der Waals surface area contributed by atoms with Gasteiger partial charge in [0.25, 0.3) is 0 Å². The van der Waals surface area contributed by atoms with Crippen molar-refractivity contribution in [2.75, 3.05) is 0 Å². The van der Waals surface area contributed by atoms with E-state index in [-0.39, 0.29) is 11.1 Å². The molecule has 1 aliphatic rings. The lowest BCUT2D eigenvalue weighted by Crippen LogP contribution is -2.57. The molecule has 1 fully saturated rings. The van der Waals surface area contributed by atoms with Crippen molar-refractivity contribution in [2.45, 2.75) is 135 Å². The van der Waals surface area contributed by atoms with Crippen molar-refractivity contribution in [3.63, 3.8) is 0 Å². The number of aromatic nitrogens is 1. The van der Waals surface area contributed by atoms with Crippen molar-refractivity contribution in [3.8, 4) is 0 Å².